The lowest BCUT2D eigenvalue weighted by molar-refractivity contribution is 0.0967. The molecular weight excluding hydrogens is 360 g/mol. The van der Waals surface area contributed by atoms with Gasteiger partial charge in [-0.15, -0.1) is 0 Å². The number of aryl methyl sites for hydroxylation is 1. The van der Waals surface area contributed by atoms with Crippen LogP contribution in [0.25, 0.3) is 0 Å². The van der Waals surface area contributed by atoms with Gasteiger partial charge < -0.3 is 9.30 Å². The largest absolute Gasteiger partial charge is 0.383 e. The van der Waals surface area contributed by atoms with Gasteiger partial charge in [-0.2, -0.15) is 5.26 Å². The van der Waals surface area contributed by atoms with E-state index in [9.17, 15) is 19.6 Å². The number of rotatable bonds is 7. The molecule has 1 fully saturated rings. The van der Waals surface area contributed by atoms with Crippen LogP contribution in [0.15, 0.2) is 21.9 Å². The number of ketones is 1. The maximum absolute atomic E-state index is 12.9. The number of aromatic nitrogens is 3. The number of carbonyl (C=O) groups excluding carboxylic acids is 1. The van der Waals surface area contributed by atoms with E-state index in [1.807, 2.05) is 31.4 Å². The van der Waals surface area contributed by atoms with Gasteiger partial charge in [-0.05, 0) is 39.7 Å². The van der Waals surface area contributed by atoms with Gasteiger partial charge in [0, 0.05) is 36.3 Å². The Morgan fingerprint density at radius 2 is 2.04 bits per heavy atom. The van der Waals surface area contributed by atoms with E-state index in [0.29, 0.717) is 12.2 Å². The van der Waals surface area contributed by atoms with E-state index >= 15 is 0 Å². The minimum absolute atomic E-state index is 0.00140. The lowest BCUT2D eigenvalue weighted by Gasteiger charge is -2.17. The molecule has 148 valence electrons. The Labute approximate surface area is 162 Å². The highest BCUT2D eigenvalue weighted by Crippen LogP contribution is 2.33. The first kappa shape index (κ1) is 19.8. The first-order chi connectivity index (χ1) is 13.3. The second-order valence-electron chi connectivity index (χ2n) is 7.35. The molecule has 0 bridgehead atoms. The summed E-state index contributed by atoms with van der Waals surface area (Å²) < 4.78 is 9.49. The van der Waals surface area contributed by atoms with Gasteiger partial charge in [0.2, 0.25) is 0 Å². The van der Waals surface area contributed by atoms with Gasteiger partial charge in [0.15, 0.2) is 5.78 Å². The predicted octanol–water partition coefficient (Wildman–Crippen LogP) is 1.73. The van der Waals surface area contributed by atoms with Crippen molar-refractivity contribution in [3.05, 3.63) is 55.6 Å². The number of ether oxygens (including phenoxy) is 1. The van der Waals surface area contributed by atoms with Crippen molar-refractivity contribution in [1.82, 2.24) is 13.7 Å². The highest BCUT2D eigenvalue weighted by molar-refractivity contribution is 5.97. The zero-order chi connectivity index (χ0) is 20.6. The zero-order valence-corrected chi connectivity index (χ0v) is 16.6. The molecule has 0 N–H and O–H groups in total. The van der Waals surface area contributed by atoms with Crippen LogP contribution in [0.1, 0.15) is 59.2 Å². The molecule has 2 heterocycles. The van der Waals surface area contributed by atoms with Crippen LogP contribution >= 0.6 is 0 Å². The number of Topliss-reactive ketones (excluding diaryl/α,β-unsaturated/α-hetero) is 1. The maximum atomic E-state index is 12.9. The number of nitrogens with zero attached hydrogens (tertiary/aromatic N) is 4. The summed E-state index contributed by atoms with van der Waals surface area (Å²) in [6, 6.07) is 3.64. The molecule has 0 aromatic carbocycles. The minimum atomic E-state index is -0.723. The molecule has 8 heteroatoms. The van der Waals surface area contributed by atoms with Crippen molar-refractivity contribution in [2.24, 2.45) is 0 Å². The molecule has 0 spiro atoms. The van der Waals surface area contributed by atoms with Crippen molar-refractivity contribution in [1.29, 1.82) is 5.26 Å². The topological polar surface area (TPSA) is 99.0 Å². The van der Waals surface area contributed by atoms with Gasteiger partial charge in [0.1, 0.15) is 11.6 Å². The SMILES string of the molecule is COCC(C)n1c(C)cc(C(=O)Cn2c(=O)c(C#N)cn(C3CC3)c2=O)c1C. The van der Waals surface area contributed by atoms with Gasteiger partial charge in [-0.3, -0.25) is 18.7 Å². The van der Waals surface area contributed by atoms with Gasteiger partial charge in [0.25, 0.3) is 5.56 Å². The molecule has 28 heavy (non-hydrogen) atoms. The van der Waals surface area contributed by atoms with Gasteiger partial charge >= 0.3 is 5.69 Å². The zero-order valence-electron chi connectivity index (χ0n) is 16.6. The predicted molar refractivity (Wildman–Crippen MR) is 103 cm³/mol. The number of nitriles is 1. The molecule has 3 rings (SSSR count). The Morgan fingerprint density at radius 1 is 1.36 bits per heavy atom. The van der Waals surface area contributed by atoms with Gasteiger partial charge in [0.05, 0.1) is 19.2 Å². The van der Waals surface area contributed by atoms with Crippen LogP contribution in [0.5, 0.6) is 0 Å². The third-order valence-corrected chi connectivity index (χ3v) is 5.19. The Morgan fingerprint density at radius 3 is 2.61 bits per heavy atom. The molecule has 1 unspecified atom stereocenters. The van der Waals surface area contributed by atoms with E-state index in [1.54, 1.807) is 13.2 Å². The number of methoxy groups -OCH3 is 1. The molecule has 0 amide bonds. The summed E-state index contributed by atoms with van der Waals surface area (Å²) in [5.41, 5.74) is 0.740. The second-order valence-corrected chi connectivity index (χ2v) is 7.35. The number of carbonyl (C=O) groups is 1. The fourth-order valence-electron chi connectivity index (χ4n) is 3.73. The van der Waals surface area contributed by atoms with Crippen LogP contribution in [0.4, 0.5) is 0 Å². The highest BCUT2D eigenvalue weighted by atomic mass is 16.5. The fraction of sp³-hybridized carbons (Fsp3) is 0.500. The molecule has 1 atom stereocenters. The van der Waals surface area contributed by atoms with Crippen LogP contribution in [0, 0.1) is 25.2 Å². The van der Waals surface area contributed by atoms with Crippen molar-refractivity contribution in [3.63, 3.8) is 0 Å². The van der Waals surface area contributed by atoms with Crippen molar-refractivity contribution in [2.75, 3.05) is 13.7 Å². The third kappa shape index (κ3) is 3.45. The van der Waals surface area contributed by atoms with E-state index in [4.69, 9.17) is 4.74 Å². The second kappa shape index (κ2) is 7.60. The van der Waals surface area contributed by atoms with Crippen LogP contribution in [-0.2, 0) is 11.3 Å². The van der Waals surface area contributed by atoms with Gasteiger partial charge in [-0.25, -0.2) is 4.79 Å². The highest BCUT2D eigenvalue weighted by Gasteiger charge is 2.28. The summed E-state index contributed by atoms with van der Waals surface area (Å²) in [4.78, 5) is 38.1. The molecule has 2 aromatic heterocycles. The average Bonchev–Trinajstić information content (AvgIpc) is 3.43. The molecule has 1 saturated carbocycles. The molecule has 0 radical (unpaired) electrons. The van der Waals surface area contributed by atoms with Crippen molar-refractivity contribution < 1.29 is 9.53 Å². The minimum Gasteiger partial charge on any atom is -0.383 e. The Hall–Kier alpha value is -2.92. The van der Waals surface area contributed by atoms with E-state index in [0.717, 1.165) is 28.8 Å². The third-order valence-electron chi connectivity index (χ3n) is 5.19. The van der Waals surface area contributed by atoms with Gasteiger partial charge in [-0.1, -0.05) is 0 Å². The Kier molecular flexibility index (Phi) is 5.38. The normalized spacial score (nSPS) is 14.7. The number of hydrogen-bond donors (Lipinski definition) is 0. The first-order valence-electron chi connectivity index (χ1n) is 9.26. The van der Waals surface area contributed by atoms with E-state index < -0.39 is 11.2 Å². The summed E-state index contributed by atoms with van der Waals surface area (Å²) in [5, 5.41) is 9.23. The standard InChI is InChI=1S/C20H24N4O4/c1-12-7-17(14(3)24(12)13(2)11-28-4)18(25)10-23-19(26)15(8-21)9-22(20(23)27)16-5-6-16/h7,9,13,16H,5-6,10-11H2,1-4H3. The number of hydrogen-bond acceptors (Lipinski definition) is 5. The molecule has 0 saturated heterocycles. The van der Waals surface area contributed by atoms with Crippen molar-refractivity contribution in [3.8, 4) is 6.07 Å². The lowest BCUT2D eigenvalue weighted by Crippen LogP contribution is -2.42. The summed E-state index contributed by atoms with van der Waals surface area (Å²) >= 11 is 0. The smallest absolute Gasteiger partial charge is 0.331 e. The molecular formula is C20H24N4O4. The van der Waals surface area contributed by atoms with Crippen LogP contribution < -0.4 is 11.2 Å². The molecule has 0 aliphatic heterocycles. The summed E-state index contributed by atoms with van der Waals surface area (Å²) in [6.45, 7) is 5.84. The first-order valence-corrected chi connectivity index (χ1v) is 9.26. The Bertz CT molecular complexity index is 1080. The van der Waals surface area contributed by atoms with E-state index in [2.05, 4.69) is 0 Å². The summed E-state index contributed by atoms with van der Waals surface area (Å²) in [7, 11) is 1.62. The molecule has 8 nitrogen and oxygen atoms in total. The molecule has 1 aliphatic carbocycles. The quantitative estimate of drug-likeness (QED) is 0.677. The molecule has 1 aliphatic rings. The van der Waals surface area contributed by atoms with E-state index in [-0.39, 0.29) is 30.0 Å². The lowest BCUT2D eigenvalue weighted by atomic mass is 10.1. The monoisotopic (exact) mass is 384 g/mol. The van der Waals surface area contributed by atoms with Crippen molar-refractivity contribution in [2.45, 2.75) is 52.2 Å². The van der Waals surface area contributed by atoms with Crippen LogP contribution in [0.3, 0.4) is 0 Å². The maximum Gasteiger partial charge on any atom is 0.331 e. The van der Waals surface area contributed by atoms with Crippen LogP contribution in [-0.4, -0.2) is 33.2 Å². The average molecular weight is 384 g/mol. The summed E-state index contributed by atoms with van der Waals surface area (Å²) in [5.74, 6) is -0.333. The molecule has 2 aromatic rings. The fourth-order valence-corrected chi connectivity index (χ4v) is 3.73. The van der Waals surface area contributed by atoms with Crippen LogP contribution in [0.2, 0.25) is 0 Å². The Balaban J connectivity index is 2.00. The van der Waals surface area contributed by atoms with E-state index in [1.165, 1.54) is 10.8 Å². The summed E-state index contributed by atoms with van der Waals surface area (Å²) in [6.07, 6.45) is 2.96. The van der Waals surface area contributed by atoms with Crippen molar-refractivity contribution >= 4 is 5.78 Å².